The van der Waals surface area contributed by atoms with E-state index in [1.54, 1.807) is 23.0 Å². The van der Waals surface area contributed by atoms with Gasteiger partial charge in [-0.1, -0.05) is 60.7 Å². The van der Waals surface area contributed by atoms with Crippen LogP contribution in [0.3, 0.4) is 0 Å². The monoisotopic (exact) mass is 401 g/mol. The van der Waals surface area contributed by atoms with Crippen molar-refractivity contribution in [1.82, 2.24) is 24.8 Å². The zero-order valence-electron chi connectivity index (χ0n) is 15.5. The first kappa shape index (κ1) is 17.6. The van der Waals surface area contributed by atoms with Crippen LogP contribution in [0, 0.1) is 5.82 Å². The van der Waals surface area contributed by atoms with Crippen molar-refractivity contribution < 1.29 is 4.39 Å². The number of hydrogen-bond acceptors (Lipinski definition) is 5. The molecule has 5 aromatic rings. The predicted octanol–water partition coefficient (Wildman–Crippen LogP) is 5.21. The highest BCUT2D eigenvalue weighted by molar-refractivity contribution is 7.16. The average molecular weight is 401 g/mol. The van der Waals surface area contributed by atoms with Crippen LogP contribution in [0.5, 0.6) is 0 Å². The topological polar surface area (TPSA) is 56.0 Å². The highest BCUT2D eigenvalue weighted by Gasteiger charge is 2.19. The van der Waals surface area contributed by atoms with Crippen molar-refractivity contribution in [3.63, 3.8) is 0 Å². The van der Waals surface area contributed by atoms with E-state index in [1.807, 2.05) is 61.5 Å². The first-order valence-corrected chi connectivity index (χ1v) is 10.00. The van der Waals surface area contributed by atoms with Crippen molar-refractivity contribution in [3.8, 4) is 22.5 Å². The maximum absolute atomic E-state index is 14.8. The Balaban J connectivity index is 1.49. The van der Waals surface area contributed by atoms with Crippen LogP contribution in [0.4, 0.5) is 4.39 Å². The number of benzene rings is 2. The van der Waals surface area contributed by atoms with Crippen molar-refractivity contribution in [1.29, 1.82) is 0 Å². The molecular formula is C22H16FN5S. The second-order valence-electron chi connectivity index (χ2n) is 6.72. The minimum absolute atomic E-state index is 0.0636. The number of halogens is 1. The van der Waals surface area contributed by atoms with E-state index in [2.05, 4.69) is 15.2 Å². The molecule has 0 saturated heterocycles. The van der Waals surface area contributed by atoms with Crippen molar-refractivity contribution in [2.24, 2.45) is 0 Å². The Kier molecular flexibility index (Phi) is 4.37. The van der Waals surface area contributed by atoms with Gasteiger partial charge >= 0.3 is 0 Å². The lowest BCUT2D eigenvalue weighted by Gasteiger charge is -2.11. The molecule has 5 nitrogen and oxygen atoms in total. The van der Waals surface area contributed by atoms with E-state index in [0.717, 1.165) is 21.7 Å². The van der Waals surface area contributed by atoms with Crippen LogP contribution in [-0.2, 0) is 0 Å². The molecule has 0 N–H and O–H groups in total. The average Bonchev–Trinajstić information content (AvgIpc) is 3.35. The maximum atomic E-state index is 14.8. The van der Waals surface area contributed by atoms with Crippen LogP contribution in [0.25, 0.3) is 27.5 Å². The minimum atomic E-state index is -0.235. The lowest BCUT2D eigenvalue weighted by Crippen LogP contribution is -1.99. The highest BCUT2D eigenvalue weighted by Crippen LogP contribution is 2.32. The molecule has 7 heteroatoms. The Morgan fingerprint density at radius 3 is 2.48 bits per heavy atom. The second-order valence-corrected chi connectivity index (χ2v) is 7.71. The van der Waals surface area contributed by atoms with Crippen molar-refractivity contribution in [3.05, 3.63) is 89.4 Å². The predicted molar refractivity (Wildman–Crippen MR) is 111 cm³/mol. The van der Waals surface area contributed by atoms with Gasteiger partial charge in [0.2, 0.25) is 4.96 Å². The van der Waals surface area contributed by atoms with Crippen molar-refractivity contribution in [2.75, 3.05) is 0 Å². The van der Waals surface area contributed by atoms with E-state index < -0.39 is 0 Å². The molecule has 1 unspecified atom stereocenters. The summed E-state index contributed by atoms with van der Waals surface area (Å²) in [4.78, 5) is 4.74. The molecule has 0 aliphatic rings. The Bertz CT molecular complexity index is 1280. The van der Waals surface area contributed by atoms with Crippen LogP contribution in [0.15, 0.2) is 73.1 Å². The largest absolute Gasteiger partial charge is 0.265 e. The quantitative estimate of drug-likeness (QED) is 0.415. The molecule has 3 heterocycles. The first-order chi connectivity index (χ1) is 14.2. The summed E-state index contributed by atoms with van der Waals surface area (Å²) in [5.41, 5.74) is 3.23. The molecule has 0 aliphatic heterocycles. The fourth-order valence-corrected chi connectivity index (χ4v) is 4.20. The van der Waals surface area contributed by atoms with Gasteiger partial charge in [0, 0.05) is 29.4 Å². The van der Waals surface area contributed by atoms with Crippen LogP contribution >= 0.6 is 11.3 Å². The zero-order chi connectivity index (χ0) is 19.8. The summed E-state index contributed by atoms with van der Waals surface area (Å²) < 4.78 is 16.5. The lowest BCUT2D eigenvalue weighted by atomic mass is 9.97. The normalized spacial score (nSPS) is 12.3. The third kappa shape index (κ3) is 3.19. The Morgan fingerprint density at radius 2 is 1.72 bits per heavy atom. The van der Waals surface area contributed by atoms with Gasteiger partial charge < -0.3 is 0 Å². The maximum Gasteiger partial charge on any atom is 0.234 e. The zero-order valence-corrected chi connectivity index (χ0v) is 16.3. The van der Waals surface area contributed by atoms with Gasteiger partial charge in [-0.3, -0.25) is 4.98 Å². The molecule has 2 aromatic carbocycles. The fourth-order valence-electron chi connectivity index (χ4n) is 3.28. The molecule has 1 atom stereocenters. The standard InChI is InChI=1S/C22H16FN5S/c1-14(17-7-8-18(19(23)13-17)15-5-3-2-4-6-15)21-27-28-20(25-26-22(28)29-21)16-9-11-24-12-10-16/h2-14H,1H3. The van der Waals surface area contributed by atoms with Gasteiger partial charge in [-0.15, -0.1) is 10.2 Å². The number of hydrogen-bond donors (Lipinski definition) is 0. The summed E-state index contributed by atoms with van der Waals surface area (Å²) in [6, 6.07) is 18.7. The molecule has 0 aliphatic carbocycles. The van der Waals surface area contributed by atoms with Gasteiger partial charge in [-0.25, -0.2) is 4.39 Å². The van der Waals surface area contributed by atoms with Gasteiger partial charge in [-0.2, -0.15) is 9.61 Å². The summed E-state index contributed by atoms with van der Waals surface area (Å²) >= 11 is 1.46. The SMILES string of the molecule is CC(c1ccc(-c2ccccc2)c(F)c1)c1nn2c(-c3ccncc3)nnc2s1. The molecule has 0 radical (unpaired) electrons. The Labute approximate surface area is 170 Å². The molecule has 29 heavy (non-hydrogen) atoms. The summed E-state index contributed by atoms with van der Waals surface area (Å²) in [7, 11) is 0. The molecule has 0 saturated carbocycles. The first-order valence-electron chi connectivity index (χ1n) is 9.18. The summed E-state index contributed by atoms with van der Waals surface area (Å²) in [5.74, 6) is 0.370. The molecule has 0 spiro atoms. The Hall–Kier alpha value is -3.45. The summed E-state index contributed by atoms with van der Waals surface area (Å²) in [6.45, 7) is 2.02. The van der Waals surface area contributed by atoms with Crippen LogP contribution in [0.1, 0.15) is 23.4 Å². The molecular weight excluding hydrogens is 385 g/mol. The van der Waals surface area contributed by atoms with Crippen LogP contribution in [-0.4, -0.2) is 24.8 Å². The van der Waals surface area contributed by atoms with Gasteiger partial charge in [0.05, 0.1) is 0 Å². The molecule has 3 aromatic heterocycles. The molecule has 0 fully saturated rings. The van der Waals surface area contributed by atoms with Gasteiger partial charge in [0.25, 0.3) is 0 Å². The third-order valence-electron chi connectivity index (χ3n) is 4.89. The minimum Gasteiger partial charge on any atom is -0.265 e. The van der Waals surface area contributed by atoms with E-state index in [9.17, 15) is 4.39 Å². The van der Waals surface area contributed by atoms with Gasteiger partial charge in [0.1, 0.15) is 10.8 Å². The fraction of sp³-hybridized carbons (Fsp3) is 0.0909. The smallest absolute Gasteiger partial charge is 0.234 e. The van der Waals surface area contributed by atoms with Crippen LogP contribution < -0.4 is 0 Å². The number of rotatable bonds is 4. The van der Waals surface area contributed by atoms with Gasteiger partial charge in [0.15, 0.2) is 5.82 Å². The van der Waals surface area contributed by atoms with E-state index in [-0.39, 0.29) is 11.7 Å². The van der Waals surface area contributed by atoms with Crippen molar-refractivity contribution >= 4 is 16.3 Å². The van der Waals surface area contributed by atoms with E-state index in [0.29, 0.717) is 16.3 Å². The Morgan fingerprint density at radius 1 is 0.931 bits per heavy atom. The third-order valence-corrected chi connectivity index (χ3v) is 5.97. The van der Waals surface area contributed by atoms with E-state index in [1.165, 1.54) is 11.3 Å². The van der Waals surface area contributed by atoms with E-state index >= 15 is 0 Å². The molecule has 0 amide bonds. The van der Waals surface area contributed by atoms with Crippen LogP contribution in [0.2, 0.25) is 0 Å². The lowest BCUT2D eigenvalue weighted by molar-refractivity contribution is 0.627. The number of aromatic nitrogens is 5. The molecule has 142 valence electrons. The molecule has 0 bridgehead atoms. The second kappa shape index (κ2) is 7.18. The van der Waals surface area contributed by atoms with Crippen molar-refractivity contribution in [2.45, 2.75) is 12.8 Å². The summed E-state index contributed by atoms with van der Waals surface area (Å²) in [6.07, 6.45) is 3.42. The molecule has 5 rings (SSSR count). The number of fused-ring (bicyclic) bond motifs is 1. The highest BCUT2D eigenvalue weighted by atomic mass is 32.1. The summed E-state index contributed by atoms with van der Waals surface area (Å²) in [5, 5.41) is 14.0. The van der Waals surface area contributed by atoms with E-state index in [4.69, 9.17) is 5.10 Å². The van der Waals surface area contributed by atoms with Gasteiger partial charge in [-0.05, 0) is 29.3 Å². The number of nitrogens with zero attached hydrogens (tertiary/aromatic N) is 5. The number of pyridine rings is 1.